The van der Waals surface area contributed by atoms with E-state index in [2.05, 4.69) is 33.8 Å². The van der Waals surface area contributed by atoms with Crippen LogP contribution < -0.4 is 0 Å². The standard InChI is InChI=1S/C28H45F3O2/c1-6-27(33)15-14-25(4)19(17-27)16-20(18(2)9-13-26(5,32)28(29,30)31)23-21-8-7-11-24(21,3)12-10-22(23)25/h10,18-21,23,32-33H,6-9,11-17H2,1-5H3/t18-,19+,20?,21+,23+,24-,25+,26+,27+/m1/s1. The molecule has 0 bridgehead atoms. The monoisotopic (exact) mass is 470 g/mol. The summed E-state index contributed by atoms with van der Waals surface area (Å²) in [6.45, 7) is 9.95. The van der Waals surface area contributed by atoms with E-state index < -0.39 is 17.4 Å². The molecule has 3 saturated carbocycles. The fourth-order valence-electron chi connectivity index (χ4n) is 8.42. The van der Waals surface area contributed by atoms with Gasteiger partial charge in [-0.15, -0.1) is 0 Å². The van der Waals surface area contributed by atoms with Crippen molar-refractivity contribution in [2.45, 2.75) is 123 Å². The molecule has 0 radical (unpaired) electrons. The van der Waals surface area contributed by atoms with Gasteiger partial charge in [-0.25, -0.2) is 0 Å². The molecule has 0 aliphatic heterocycles. The second kappa shape index (κ2) is 8.25. The lowest BCUT2D eigenvalue weighted by Gasteiger charge is -2.61. The number of hydrogen-bond acceptors (Lipinski definition) is 2. The van der Waals surface area contributed by atoms with E-state index in [1.54, 1.807) is 5.57 Å². The summed E-state index contributed by atoms with van der Waals surface area (Å²) < 4.78 is 40.0. The van der Waals surface area contributed by atoms with Crippen LogP contribution in [0.3, 0.4) is 0 Å². The molecular weight excluding hydrogens is 425 g/mol. The third-order valence-corrected chi connectivity index (χ3v) is 11.1. The number of allylic oxidation sites excluding steroid dienone is 2. The molecule has 9 atom stereocenters. The summed E-state index contributed by atoms with van der Waals surface area (Å²) in [7, 11) is 0. The topological polar surface area (TPSA) is 40.5 Å². The third kappa shape index (κ3) is 4.21. The van der Waals surface area contributed by atoms with Gasteiger partial charge in [0.2, 0.25) is 0 Å². The molecule has 190 valence electrons. The molecule has 2 nitrogen and oxygen atoms in total. The van der Waals surface area contributed by atoms with Crippen molar-refractivity contribution in [2.75, 3.05) is 0 Å². The van der Waals surface area contributed by atoms with Gasteiger partial charge in [-0.05, 0) is 112 Å². The van der Waals surface area contributed by atoms with Crippen molar-refractivity contribution in [3.05, 3.63) is 11.6 Å². The first-order valence-corrected chi connectivity index (χ1v) is 13.4. The zero-order valence-corrected chi connectivity index (χ0v) is 21.3. The van der Waals surface area contributed by atoms with Crippen molar-refractivity contribution in [3.8, 4) is 0 Å². The van der Waals surface area contributed by atoms with Crippen LogP contribution in [0.5, 0.6) is 0 Å². The minimum atomic E-state index is -4.60. The molecule has 3 fully saturated rings. The normalized spacial score (nSPS) is 45.9. The van der Waals surface area contributed by atoms with Crippen LogP contribution in [0, 0.1) is 40.4 Å². The molecule has 4 aliphatic rings. The largest absolute Gasteiger partial charge is 0.416 e. The van der Waals surface area contributed by atoms with E-state index in [1.165, 1.54) is 19.3 Å². The van der Waals surface area contributed by atoms with Gasteiger partial charge < -0.3 is 10.2 Å². The van der Waals surface area contributed by atoms with E-state index in [4.69, 9.17) is 0 Å². The van der Waals surface area contributed by atoms with Crippen molar-refractivity contribution >= 4 is 0 Å². The van der Waals surface area contributed by atoms with E-state index in [9.17, 15) is 23.4 Å². The molecule has 0 spiro atoms. The average molecular weight is 471 g/mol. The Hall–Kier alpha value is -0.550. The summed E-state index contributed by atoms with van der Waals surface area (Å²) in [5.41, 5.74) is -1.26. The Labute approximate surface area is 198 Å². The Morgan fingerprint density at radius 1 is 1.18 bits per heavy atom. The van der Waals surface area contributed by atoms with Crippen LogP contribution in [0.25, 0.3) is 0 Å². The van der Waals surface area contributed by atoms with Crippen molar-refractivity contribution in [2.24, 2.45) is 40.4 Å². The Bertz CT molecular complexity index is 774. The van der Waals surface area contributed by atoms with Gasteiger partial charge in [0.15, 0.2) is 5.60 Å². The zero-order valence-electron chi connectivity index (χ0n) is 21.3. The summed E-state index contributed by atoms with van der Waals surface area (Å²) >= 11 is 0. The molecular formula is C28H45F3O2. The number of alkyl halides is 3. The predicted molar refractivity (Wildman–Crippen MR) is 126 cm³/mol. The molecule has 0 saturated heterocycles. The van der Waals surface area contributed by atoms with E-state index in [-0.39, 0.29) is 17.8 Å². The molecule has 0 heterocycles. The van der Waals surface area contributed by atoms with Crippen molar-refractivity contribution in [1.29, 1.82) is 0 Å². The van der Waals surface area contributed by atoms with E-state index in [0.29, 0.717) is 35.5 Å². The smallest absolute Gasteiger partial charge is 0.390 e. The zero-order chi connectivity index (χ0) is 24.4. The lowest BCUT2D eigenvalue weighted by molar-refractivity contribution is -0.256. The predicted octanol–water partition coefficient (Wildman–Crippen LogP) is 7.44. The van der Waals surface area contributed by atoms with Gasteiger partial charge in [0.1, 0.15) is 0 Å². The molecule has 2 N–H and O–H groups in total. The Morgan fingerprint density at radius 2 is 1.88 bits per heavy atom. The van der Waals surface area contributed by atoms with Crippen LogP contribution in [0.15, 0.2) is 11.6 Å². The fraction of sp³-hybridized carbons (Fsp3) is 0.929. The van der Waals surface area contributed by atoms with Gasteiger partial charge in [0.25, 0.3) is 0 Å². The Morgan fingerprint density at radius 3 is 2.52 bits per heavy atom. The van der Waals surface area contributed by atoms with Crippen LogP contribution in [0.4, 0.5) is 13.2 Å². The Balaban J connectivity index is 1.65. The van der Waals surface area contributed by atoms with Gasteiger partial charge >= 0.3 is 6.18 Å². The molecule has 33 heavy (non-hydrogen) atoms. The second-order valence-corrected chi connectivity index (χ2v) is 13.1. The highest BCUT2D eigenvalue weighted by atomic mass is 19.4. The summed E-state index contributed by atoms with van der Waals surface area (Å²) in [6, 6.07) is 0. The lowest BCUT2D eigenvalue weighted by atomic mass is 9.44. The first-order chi connectivity index (χ1) is 15.2. The minimum absolute atomic E-state index is 0.101. The molecule has 1 unspecified atom stereocenters. The van der Waals surface area contributed by atoms with Crippen LogP contribution in [0.2, 0.25) is 0 Å². The SMILES string of the molecule is CC[C@]1(O)CC[C@]2(C)C3=CC[C@@]4(C)CCC[C@H]4[C@@H]3C([C@H](C)CC[C@](C)(O)C(F)(F)F)C[C@H]2C1. The molecule has 4 aliphatic carbocycles. The number of hydrogen-bond donors (Lipinski definition) is 2. The first-order valence-electron chi connectivity index (χ1n) is 13.4. The quantitative estimate of drug-likeness (QED) is 0.410. The summed E-state index contributed by atoms with van der Waals surface area (Å²) in [4.78, 5) is 0. The first kappa shape index (κ1) is 25.5. The van der Waals surface area contributed by atoms with E-state index >= 15 is 0 Å². The van der Waals surface area contributed by atoms with Gasteiger partial charge in [-0.3, -0.25) is 0 Å². The van der Waals surface area contributed by atoms with Gasteiger partial charge in [-0.1, -0.05) is 45.8 Å². The van der Waals surface area contributed by atoms with Gasteiger partial charge in [-0.2, -0.15) is 13.2 Å². The maximum atomic E-state index is 13.3. The molecule has 0 aromatic carbocycles. The Kier molecular flexibility index (Phi) is 6.39. The number of rotatable bonds is 5. The van der Waals surface area contributed by atoms with E-state index in [1.807, 2.05) is 0 Å². The maximum absolute atomic E-state index is 13.3. The highest BCUT2D eigenvalue weighted by molar-refractivity contribution is 5.30. The molecule has 4 rings (SSSR count). The number of halogens is 3. The highest BCUT2D eigenvalue weighted by Gasteiger charge is 2.59. The minimum Gasteiger partial charge on any atom is -0.390 e. The van der Waals surface area contributed by atoms with E-state index in [0.717, 1.165) is 45.4 Å². The summed E-state index contributed by atoms with van der Waals surface area (Å²) in [6.07, 6.45) is 7.31. The molecule has 5 heteroatoms. The van der Waals surface area contributed by atoms with Gasteiger partial charge in [0.05, 0.1) is 5.60 Å². The van der Waals surface area contributed by atoms with Crippen LogP contribution in [-0.2, 0) is 0 Å². The maximum Gasteiger partial charge on any atom is 0.416 e. The third-order valence-electron chi connectivity index (χ3n) is 11.1. The average Bonchev–Trinajstić information content (AvgIpc) is 3.13. The molecule has 0 aromatic heterocycles. The molecule has 0 amide bonds. The summed E-state index contributed by atoms with van der Waals surface area (Å²) in [5, 5.41) is 21.2. The number of fused-ring (bicyclic) bond motifs is 5. The number of aliphatic hydroxyl groups is 2. The van der Waals surface area contributed by atoms with Crippen LogP contribution in [0.1, 0.15) is 105 Å². The second-order valence-electron chi connectivity index (χ2n) is 13.1. The van der Waals surface area contributed by atoms with Crippen molar-refractivity contribution in [3.63, 3.8) is 0 Å². The van der Waals surface area contributed by atoms with Crippen molar-refractivity contribution in [1.82, 2.24) is 0 Å². The lowest BCUT2D eigenvalue weighted by Crippen LogP contribution is -2.54. The van der Waals surface area contributed by atoms with Gasteiger partial charge in [0, 0.05) is 0 Å². The summed E-state index contributed by atoms with van der Waals surface area (Å²) in [5.74, 6) is 1.85. The fourth-order valence-corrected chi connectivity index (χ4v) is 8.42. The van der Waals surface area contributed by atoms with Crippen LogP contribution in [-0.4, -0.2) is 27.6 Å². The van der Waals surface area contributed by atoms with Crippen LogP contribution >= 0.6 is 0 Å². The van der Waals surface area contributed by atoms with Crippen molar-refractivity contribution < 1.29 is 23.4 Å². The highest BCUT2D eigenvalue weighted by Crippen LogP contribution is 2.67. The molecule has 0 aromatic rings.